The molecular weight excluding hydrogens is 276 g/mol. The fourth-order valence-corrected chi connectivity index (χ4v) is 3.11. The number of hydrogen-bond donors (Lipinski definition) is 2. The molecular formula is C11H15ClN2O3S. The van der Waals surface area contributed by atoms with Gasteiger partial charge in [0.25, 0.3) is 0 Å². The molecule has 1 rings (SSSR count). The molecule has 0 aliphatic heterocycles. The van der Waals surface area contributed by atoms with E-state index >= 15 is 0 Å². The summed E-state index contributed by atoms with van der Waals surface area (Å²) in [5, 5.41) is 2.57. The van der Waals surface area contributed by atoms with Crippen LogP contribution in [0.2, 0.25) is 5.02 Å². The van der Waals surface area contributed by atoms with Crippen LogP contribution in [-0.2, 0) is 14.6 Å². The third-order valence-electron chi connectivity index (χ3n) is 2.06. The van der Waals surface area contributed by atoms with Crippen LogP contribution < -0.4 is 11.1 Å². The Labute approximate surface area is 111 Å². The monoisotopic (exact) mass is 290 g/mol. The Hall–Kier alpha value is -1.27. The SMILES string of the molecule is CC(C)NC(=O)CS(=O)(=O)c1cc(N)ccc1Cl. The van der Waals surface area contributed by atoms with Gasteiger partial charge in [-0.1, -0.05) is 11.6 Å². The van der Waals surface area contributed by atoms with Crippen LogP contribution >= 0.6 is 11.6 Å². The van der Waals surface area contributed by atoms with Gasteiger partial charge in [0.2, 0.25) is 5.91 Å². The standard InChI is InChI=1S/C11H15ClN2O3S/c1-7(2)14-11(15)6-18(16,17)10-5-8(13)3-4-9(10)12/h3-5,7H,6,13H2,1-2H3,(H,14,15). The lowest BCUT2D eigenvalue weighted by Gasteiger charge is -2.10. The molecule has 0 aromatic heterocycles. The van der Waals surface area contributed by atoms with Gasteiger partial charge in [-0.05, 0) is 32.0 Å². The maximum Gasteiger partial charge on any atom is 0.235 e. The molecule has 0 radical (unpaired) electrons. The maximum absolute atomic E-state index is 12.0. The zero-order valence-electron chi connectivity index (χ0n) is 10.1. The second kappa shape index (κ2) is 5.58. The quantitative estimate of drug-likeness (QED) is 0.816. The molecule has 0 aliphatic rings. The Morgan fingerprint density at radius 1 is 1.44 bits per heavy atom. The van der Waals surface area contributed by atoms with E-state index in [2.05, 4.69) is 5.32 Å². The first-order chi connectivity index (χ1) is 8.22. The summed E-state index contributed by atoms with van der Waals surface area (Å²) < 4.78 is 24.0. The van der Waals surface area contributed by atoms with Gasteiger partial charge in [0.05, 0.1) is 9.92 Å². The van der Waals surface area contributed by atoms with Gasteiger partial charge in [0.1, 0.15) is 5.75 Å². The molecule has 1 aromatic carbocycles. The number of benzene rings is 1. The molecule has 0 saturated carbocycles. The summed E-state index contributed by atoms with van der Waals surface area (Å²) in [7, 11) is -3.78. The largest absolute Gasteiger partial charge is 0.399 e. The summed E-state index contributed by atoms with van der Waals surface area (Å²) in [5.41, 5.74) is 5.79. The van der Waals surface area contributed by atoms with Crippen LogP contribution in [0.15, 0.2) is 23.1 Å². The zero-order valence-corrected chi connectivity index (χ0v) is 11.7. The van der Waals surface area contributed by atoms with Crippen molar-refractivity contribution in [2.24, 2.45) is 0 Å². The van der Waals surface area contributed by atoms with E-state index in [9.17, 15) is 13.2 Å². The molecule has 0 atom stereocenters. The number of carbonyl (C=O) groups is 1. The smallest absolute Gasteiger partial charge is 0.235 e. The second-order valence-electron chi connectivity index (χ2n) is 4.17. The number of halogens is 1. The van der Waals surface area contributed by atoms with Crippen molar-refractivity contribution < 1.29 is 13.2 Å². The van der Waals surface area contributed by atoms with Crippen molar-refractivity contribution >= 4 is 33.0 Å². The molecule has 5 nitrogen and oxygen atoms in total. The Kier molecular flexibility index (Phi) is 4.59. The number of nitrogen functional groups attached to an aromatic ring is 1. The van der Waals surface area contributed by atoms with Crippen molar-refractivity contribution in [3.63, 3.8) is 0 Å². The normalized spacial score (nSPS) is 11.6. The highest BCUT2D eigenvalue weighted by molar-refractivity contribution is 7.92. The van der Waals surface area contributed by atoms with Crippen LogP contribution in [0.4, 0.5) is 5.69 Å². The first-order valence-electron chi connectivity index (χ1n) is 5.29. The number of nitrogens with two attached hydrogens (primary N) is 1. The number of rotatable bonds is 4. The summed E-state index contributed by atoms with van der Waals surface area (Å²) in [6.07, 6.45) is 0. The molecule has 18 heavy (non-hydrogen) atoms. The minimum atomic E-state index is -3.78. The third-order valence-corrected chi connectivity index (χ3v) is 4.15. The van der Waals surface area contributed by atoms with E-state index in [1.807, 2.05) is 0 Å². The Morgan fingerprint density at radius 2 is 2.06 bits per heavy atom. The molecule has 1 amide bonds. The molecule has 7 heteroatoms. The number of amides is 1. The fourth-order valence-electron chi connectivity index (χ4n) is 1.37. The third kappa shape index (κ3) is 3.89. The average molecular weight is 291 g/mol. The highest BCUT2D eigenvalue weighted by Gasteiger charge is 2.22. The predicted molar refractivity (Wildman–Crippen MR) is 71.2 cm³/mol. The predicted octanol–water partition coefficient (Wildman–Crippen LogP) is 1.22. The molecule has 0 bridgehead atoms. The van der Waals surface area contributed by atoms with E-state index in [4.69, 9.17) is 17.3 Å². The van der Waals surface area contributed by atoms with E-state index in [1.165, 1.54) is 18.2 Å². The molecule has 0 heterocycles. The van der Waals surface area contributed by atoms with Crippen LogP contribution in [0.25, 0.3) is 0 Å². The van der Waals surface area contributed by atoms with Crippen molar-refractivity contribution in [2.75, 3.05) is 11.5 Å². The fraction of sp³-hybridized carbons (Fsp3) is 0.364. The number of nitrogens with one attached hydrogen (secondary N) is 1. The summed E-state index contributed by atoms with van der Waals surface area (Å²) in [6.45, 7) is 3.50. The summed E-state index contributed by atoms with van der Waals surface area (Å²) in [6, 6.07) is 4.02. The summed E-state index contributed by atoms with van der Waals surface area (Å²) in [5.74, 6) is -1.21. The average Bonchev–Trinajstić information content (AvgIpc) is 2.19. The van der Waals surface area contributed by atoms with Gasteiger partial charge in [-0.3, -0.25) is 4.79 Å². The van der Waals surface area contributed by atoms with Gasteiger partial charge in [-0.25, -0.2) is 8.42 Å². The topological polar surface area (TPSA) is 89.3 Å². The number of sulfone groups is 1. The van der Waals surface area contributed by atoms with Crippen molar-refractivity contribution in [3.8, 4) is 0 Å². The van der Waals surface area contributed by atoms with Crippen LogP contribution in [0.5, 0.6) is 0 Å². The minimum absolute atomic E-state index is 0.0570. The Balaban J connectivity index is 3.00. The zero-order chi connectivity index (χ0) is 13.9. The van der Waals surface area contributed by atoms with E-state index in [0.717, 1.165) is 0 Å². The van der Waals surface area contributed by atoms with E-state index in [-0.39, 0.29) is 21.6 Å². The molecule has 100 valence electrons. The van der Waals surface area contributed by atoms with Gasteiger partial charge < -0.3 is 11.1 Å². The first kappa shape index (κ1) is 14.8. The van der Waals surface area contributed by atoms with Gasteiger partial charge in [-0.2, -0.15) is 0 Å². The van der Waals surface area contributed by atoms with Crippen LogP contribution in [-0.4, -0.2) is 26.1 Å². The van der Waals surface area contributed by atoms with Crippen molar-refractivity contribution in [1.29, 1.82) is 0 Å². The molecule has 0 fully saturated rings. The van der Waals surface area contributed by atoms with Gasteiger partial charge in [-0.15, -0.1) is 0 Å². The molecule has 0 spiro atoms. The highest BCUT2D eigenvalue weighted by atomic mass is 35.5. The number of hydrogen-bond acceptors (Lipinski definition) is 4. The van der Waals surface area contributed by atoms with Crippen LogP contribution in [0.1, 0.15) is 13.8 Å². The molecule has 0 unspecified atom stereocenters. The minimum Gasteiger partial charge on any atom is -0.399 e. The molecule has 3 N–H and O–H groups in total. The Morgan fingerprint density at radius 3 is 2.61 bits per heavy atom. The lowest BCUT2D eigenvalue weighted by Crippen LogP contribution is -2.35. The lowest BCUT2D eigenvalue weighted by atomic mass is 10.3. The summed E-state index contributed by atoms with van der Waals surface area (Å²) in [4.78, 5) is 11.4. The molecule has 0 saturated heterocycles. The molecule has 0 aliphatic carbocycles. The molecule has 1 aromatic rings. The summed E-state index contributed by atoms with van der Waals surface area (Å²) >= 11 is 5.80. The number of anilines is 1. The van der Waals surface area contributed by atoms with Gasteiger partial charge >= 0.3 is 0 Å². The van der Waals surface area contributed by atoms with Crippen molar-refractivity contribution in [2.45, 2.75) is 24.8 Å². The second-order valence-corrected chi connectivity index (χ2v) is 6.54. The van der Waals surface area contributed by atoms with Crippen molar-refractivity contribution in [3.05, 3.63) is 23.2 Å². The van der Waals surface area contributed by atoms with E-state index in [0.29, 0.717) is 0 Å². The maximum atomic E-state index is 12.0. The first-order valence-corrected chi connectivity index (χ1v) is 7.32. The van der Waals surface area contributed by atoms with Gasteiger partial charge in [0, 0.05) is 11.7 Å². The van der Waals surface area contributed by atoms with E-state index in [1.54, 1.807) is 13.8 Å². The van der Waals surface area contributed by atoms with Gasteiger partial charge in [0.15, 0.2) is 9.84 Å². The van der Waals surface area contributed by atoms with E-state index < -0.39 is 21.5 Å². The number of carbonyl (C=O) groups excluding carboxylic acids is 1. The van der Waals surface area contributed by atoms with Crippen LogP contribution in [0.3, 0.4) is 0 Å². The lowest BCUT2D eigenvalue weighted by molar-refractivity contribution is -0.119. The highest BCUT2D eigenvalue weighted by Crippen LogP contribution is 2.24. The van der Waals surface area contributed by atoms with Crippen molar-refractivity contribution in [1.82, 2.24) is 5.32 Å². The van der Waals surface area contributed by atoms with Crippen LogP contribution in [0, 0.1) is 0 Å². The Bertz CT molecular complexity index is 555.